The number of hydrogen-bond donors (Lipinski definition) is 1. The second kappa shape index (κ2) is 5.61. The van der Waals surface area contributed by atoms with Crippen LogP contribution in [0, 0.1) is 0 Å². The van der Waals surface area contributed by atoms with Crippen LogP contribution in [-0.2, 0) is 15.6 Å². The highest BCUT2D eigenvalue weighted by atomic mass is 32.2. The Morgan fingerprint density at radius 3 is 2.60 bits per heavy atom. The average molecular weight is 232 g/mol. The van der Waals surface area contributed by atoms with Crippen LogP contribution in [0.3, 0.4) is 0 Å². The number of nitrogens with two attached hydrogens (primary N) is 1. The Bertz CT molecular complexity index is 254. The molecule has 1 amide bonds. The molecule has 0 aliphatic heterocycles. The van der Waals surface area contributed by atoms with Gasteiger partial charge in [0.05, 0.1) is 0 Å². The van der Waals surface area contributed by atoms with Crippen molar-refractivity contribution >= 4 is 16.7 Å². The third kappa shape index (κ3) is 3.57. The molecule has 1 aliphatic carbocycles. The Kier molecular flexibility index (Phi) is 4.73. The van der Waals surface area contributed by atoms with Gasteiger partial charge in [-0.15, -0.1) is 0 Å². The molecule has 5 heteroatoms. The summed E-state index contributed by atoms with van der Waals surface area (Å²) in [5, 5.41) is -0.0909. The summed E-state index contributed by atoms with van der Waals surface area (Å²) in [5.74, 6) is 0.140. The quantitative estimate of drug-likeness (QED) is 0.706. The highest BCUT2D eigenvalue weighted by Gasteiger charge is 2.32. The summed E-state index contributed by atoms with van der Waals surface area (Å²) in [7, 11) is -1.12. The van der Waals surface area contributed by atoms with Crippen molar-refractivity contribution in [1.82, 2.24) is 4.90 Å². The predicted molar refractivity (Wildman–Crippen MR) is 61.9 cm³/mol. The Morgan fingerprint density at radius 2 is 2.20 bits per heavy atom. The lowest BCUT2D eigenvalue weighted by atomic mass is 10.4. The van der Waals surface area contributed by atoms with Crippen molar-refractivity contribution in [1.29, 1.82) is 0 Å². The molecule has 4 nitrogen and oxygen atoms in total. The normalized spacial score (nSPS) is 19.7. The van der Waals surface area contributed by atoms with Crippen molar-refractivity contribution < 1.29 is 9.00 Å². The summed E-state index contributed by atoms with van der Waals surface area (Å²) in [4.78, 5) is 13.6. The van der Waals surface area contributed by atoms with Crippen molar-refractivity contribution in [3.63, 3.8) is 0 Å². The highest BCUT2D eigenvalue weighted by molar-refractivity contribution is 7.86. The maximum absolute atomic E-state index is 11.8. The third-order valence-electron chi connectivity index (χ3n) is 2.70. The first-order chi connectivity index (χ1) is 7.10. The van der Waals surface area contributed by atoms with Gasteiger partial charge in [-0.1, -0.05) is 0 Å². The van der Waals surface area contributed by atoms with Crippen molar-refractivity contribution in [2.24, 2.45) is 5.73 Å². The molecule has 2 atom stereocenters. The van der Waals surface area contributed by atoms with E-state index in [1.165, 1.54) is 0 Å². The van der Waals surface area contributed by atoms with E-state index in [-0.39, 0.29) is 16.9 Å². The number of rotatable bonds is 6. The molecule has 0 aromatic heterocycles. The minimum Gasteiger partial charge on any atom is -0.339 e. The van der Waals surface area contributed by atoms with Gasteiger partial charge >= 0.3 is 0 Å². The molecule has 1 aliphatic rings. The van der Waals surface area contributed by atoms with Crippen LogP contribution < -0.4 is 5.73 Å². The molecule has 0 saturated heterocycles. The number of carbonyl (C=O) groups is 1. The van der Waals surface area contributed by atoms with Gasteiger partial charge in [-0.25, -0.2) is 0 Å². The van der Waals surface area contributed by atoms with Crippen molar-refractivity contribution in [2.75, 3.05) is 18.8 Å². The zero-order chi connectivity index (χ0) is 11.4. The smallest absolute Gasteiger partial charge is 0.235 e. The Morgan fingerprint density at radius 1 is 1.60 bits per heavy atom. The lowest BCUT2D eigenvalue weighted by Crippen LogP contribution is -2.38. The van der Waals surface area contributed by atoms with Crippen molar-refractivity contribution in [2.45, 2.75) is 38.0 Å². The van der Waals surface area contributed by atoms with Crippen LogP contribution in [0.5, 0.6) is 0 Å². The van der Waals surface area contributed by atoms with Crippen LogP contribution in [-0.4, -0.2) is 45.2 Å². The van der Waals surface area contributed by atoms with Gasteiger partial charge in [0.2, 0.25) is 5.91 Å². The van der Waals surface area contributed by atoms with E-state index in [2.05, 4.69) is 0 Å². The first-order valence-electron chi connectivity index (χ1n) is 5.46. The molecule has 15 heavy (non-hydrogen) atoms. The lowest BCUT2D eigenvalue weighted by molar-refractivity contribution is -0.128. The van der Waals surface area contributed by atoms with Crippen molar-refractivity contribution in [3.05, 3.63) is 0 Å². The Labute approximate surface area is 93.7 Å². The van der Waals surface area contributed by atoms with Gasteiger partial charge in [0.25, 0.3) is 0 Å². The topological polar surface area (TPSA) is 63.4 Å². The molecule has 0 bridgehead atoms. The minimum atomic E-state index is -1.12. The SMILES string of the molecule is CCN(C(=O)CS(=O)C(C)CN)C1CC1. The maximum atomic E-state index is 11.8. The number of hydrogen-bond acceptors (Lipinski definition) is 3. The lowest BCUT2D eigenvalue weighted by Gasteiger charge is -2.20. The van der Waals surface area contributed by atoms with Crippen LogP contribution in [0.25, 0.3) is 0 Å². The zero-order valence-electron chi connectivity index (χ0n) is 9.44. The molecule has 1 fully saturated rings. The van der Waals surface area contributed by atoms with Crippen molar-refractivity contribution in [3.8, 4) is 0 Å². The molecule has 0 aromatic rings. The van der Waals surface area contributed by atoms with E-state index in [0.29, 0.717) is 12.6 Å². The first kappa shape index (κ1) is 12.6. The molecular formula is C10H20N2O2S. The van der Waals surface area contributed by atoms with Crippen LogP contribution in [0.1, 0.15) is 26.7 Å². The molecule has 88 valence electrons. The zero-order valence-corrected chi connectivity index (χ0v) is 10.3. The molecule has 0 aromatic carbocycles. The Hall–Kier alpha value is -0.420. The van der Waals surface area contributed by atoms with Crippen LogP contribution in [0.2, 0.25) is 0 Å². The second-order valence-electron chi connectivity index (χ2n) is 3.98. The molecule has 0 heterocycles. The van der Waals surface area contributed by atoms with Gasteiger partial charge in [-0.2, -0.15) is 0 Å². The standard InChI is InChI=1S/C10H20N2O2S/c1-3-12(9-4-5-9)10(13)7-15(14)8(2)6-11/h8-9H,3-7,11H2,1-2H3. The molecule has 1 saturated carbocycles. The average Bonchev–Trinajstić information content (AvgIpc) is 3.01. The summed E-state index contributed by atoms with van der Waals surface area (Å²) in [6.07, 6.45) is 2.19. The monoisotopic (exact) mass is 232 g/mol. The highest BCUT2D eigenvalue weighted by Crippen LogP contribution is 2.26. The van der Waals surface area contributed by atoms with Gasteiger partial charge in [0, 0.05) is 35.2 Å². The molecule has 0 spiro atoms. The maximum Gasteiger partial charge on any atom is 0.235 e. The van der Waals surface area contributed by atoms with E-state index in [0.717, 1.165) is 19.4 Å². The van der Waals surface area contributed by atoms with Crippen LogP contribution in [0.15, 0.2) is 0 Å². The second-order valence-corrected chi connectivity index (χ2v) is 5.84. The fourth-order valence-electron chi connectivity index (χ4n) is 1.48. The van der Waals surface area contributed by atoms with Crippen LogP contribution in [0.4, 0.5) is 0 Å². The molecular weight excluding hydrogens is 212 g/mol. The van der Waals surface area contributed by atoms with E-state index >= 15 is 0 Å². The van der Waals surface area contributed by atoms with Gasteiger partial charge in [-0.05, 0) is 26.7 Å². The first-order valence-corrected chi connectivity index (χ1v) is 6.85. The summed E-state index contributed by atoms with van der Waals surface area (Å²) in [6, 6.07) is 0.410. The van der Waals surface area contributed by atoms with E-state index in [1.807, 2.05) is 18.7 Å². The van der Waals surface area contributed by atoms with E-state index in [4.69, 9.17) is 5.73 Å². The summed E-state index contributed by atoms with van der Waals surface area (Å²) in [6.45, 7) is 4.87. The van der Waals surface area contributed by atoms with Gasteiger partial charge < -0.3 is 10.6 Å². The fourth-order valence-corrected chi connectivity index (χ4v) is 2.39. The summed E-state index contributed by atoms with van der Waals surface area (Å²) >= 11 is 0. The van der Waals surface area contributed by atoms with Gasteiger partial charge in [0.15, 0.2) is 0 Å². The van der Waals surface area contributed by atoms with Crippen LogP contribution >= 0.6 is 0 Å². The number of amides is 1. The number of carbonyl (C=O) groups excluding carboxylic acids is 1. The molecule has 2 unspecified atom stereocenters. The summed E-state index contributed by atoms with van der Waals surface area (Å²) < 4.78 is 11.6. The van der Waals surface area contributed by atoms with E-state index < -0.39 is 10.8 Å². The fraction of sp³-hybridized carbons (Fsp3) is 0.900. The largest absolute Gasteiger partial charge is 0.339 e. The van der Waals surface area contributed by atoms with E-state index in [1.54, 1.807) is 0 Å². The summed E-state index contributed by atoms with van der Waals surface area (Å²) in [5.41, 5.74) is 5.41. The molecule has 2 N–H and O–H groups in total. The molecule has 1 rings (SSSR count). The third-order valence-corrected chi connectivity index (χ3v) is 4.32. The van der Waals surface area contributed by atoms with Gasteiger partial charge in [-0.3, -0.25) is 9.00 Å². The predicted octanol–water partition coefficient (Wildman–Crippen LogP) is 0.0932. The number of nitrogens with zero attached hydrogens (tertiary/aromatic N) is 1. The van der Waals surface area contributed by atoms with E-state index in [9.17, 15) is 9.00 Å². The minimum absolute atomic E-state index is 0.0126. The van der Waals surface area contributed by atoms with Gasteiger partial charge in [0.1, 0.15) is 5.75 Å². The molecule has 0 radical (unpaired) electrons. The Balaban J connectivity index is 2.42.